The van der Waals surface area contributed by atoms with Gasteiger partial charge in [0.1, 0.15) is 0 Å². The van der Waals surface area contributed by atoms with Gasteiger partial charge in [-0.15, -0.1) is 0 Å². The lowest BCUT2D eigenvalue weighted by atomic mass is 9.72. The predicted octanol–water partition coefficient (Wildman–Crippen LogP) is 1.95. The SMILES string of the molecule is CNC1CCN(C(=O)C2(c3ccccc3)CCOCC2)CC1. The van der Waals surface area contributed by atoms with Crippen LogP contribution in [0.4, 0.5) is 0 Å². The summed E-state index contributed by atoms with van der Waals surface area (Å²) in [5, 5.41) is 3.33. The van der Waals surface area contributed by atoms with E-state index in [1.807, 2.05) is 25.2 Å². The quantitative estimate of drug-likeness (QED) is 0.928. The van der Waals surface area contributed by atoms with Gasteiger partial charge in [-0.2, -0.15) is 0 Å². The fourth-order valence-corrected chi connectivity index (χ4v) is 3.78. The van der Waals surface area contributed by atoms with Crippen LogP contribution in [-0.2, 0) is 14.9 Å². The van der Waals surface area contributed by atoms with Gasteiger partial charge in [-0.1, -0.05) is 30.3 Å². The highest BCUT2D eigenvalue weighted by Crippen LogP contribution is 2.37. The molecule has 0 unspecified atom stereocenters. The number of carbonyl (C=O) groups excluding carboxylic acids is 1. The van der Waals surface area contributed by atoms with Crippen molar-refractivity contribution in [3.8, 4) is 0 Å². The van der Waals surface area contributed by atoms with Crippen LogP contribution in [0.1, 0.15) is 31.2 Å². The normalized spacial score (nSPS) is 22.5. The van der Waals surface area contributed by atoms with Crippen LogP contribution in [0.15, 0.2) is 30.3 Å². The maximum absolute atomic E-state index is 13.3. The molecule has 0 atom stereocenters. The van der Waals surface area contributed by atoms with Gasteiger partial charge in [0.25, 0.3) is 0 Å². The van der Waals surface area contributed by atoms with E-state index in [4.69, 9.17) is 4.74 Å². The number of amides is 1. The molecule has 1 N–H and O–H groups in total. The smallest absolute Gasteiger partial charge is 0.233 e. The summed E-state index contributed by atoms with van der Waals surface area (Å²) in [6.45, 7) is 3.07. The van der Waals surface area contributed by atoms with Gasteiger partial charge < -0.3 is 15.0 Å². The van der Waals surface area contributed by atoms with Crippen LogP contribution < -0.4 is 5.32 Å². The standard InChI is InChI=1S/C18H26N2O2/c1-19-16-7-11-20(12-8-16)17(21)18(9-13-22-14-10-18)15-5-3-2-4-6-15/h2-6,16,19H,7-14H2,1H3. The monoisotopic (exact) mass is 302 g/mol. The Kier molecular flexibility index (Phi) is 4.79. The molecule has 120 valence electrons. The molecule has 2 aliphatic heterocycles. The number of hydrogen-bond donors (Lipinski definition) is 1. The van der Waals surface area contributed by atoms with Crippen molar-refractivity contribution < 1.29 is 9.53 Å². The molecular formula is C18H26N2O2. The van der Waals surface area contributed by atoms with E-state index in [0.717, 1.165) is 44.3 Å². The predicted molar refractivity (Wildman–Crippen MR) is 86.8 cm³/mol. The van der Waals surface area contributed by atoms with Gasteiger partial charge in [0.2, 0.25) is 5.91 Å². The summed E-state index contributed by atoms with van der Waals surface area (Å²) in [6, 6.07) is 10.8. The number of ether oxygens (including phenoxy) is 1. The van der Waals surface area contributed by atoms with Crippen molar-refractivity contribution in [3.63, 3.8) is 0 Å². The number of likely N-dealkylation sites (tertiary alicyclic amines) is 1. The van der Waals surface area contributed by atoms with Gasteiger partial charge in [-0.3, -0.25) is 4.79 Å². The molecule has 0 bridgehead atoms. The van der Waals surface area contributed by atoms with E-state index in [2.05, 4.69) is 22.3 Å². The van der Waals surface area contributed by atoms with E-state index in [0.29, 0.717) is 25.2 Å². The van der Waals surface area contributed by atoms with Gasteiger partial charge in [0, 0.05) is 32.3 Å². The summed E-state index contributed by atoms with van der Waals surface area (Å²) in [5.74, 6) is 0.302. The highest BCUT2D eigenvalue weighted by molar-refractivity contribution is 5.88. The lowest BCUT2D eigenvalue weighted by molar-refractivity contribution is -0.142. The molecule has 22 heavy (non-hydrogen) atoms. The molecule has 0 radical (unpaired) electrons. The highest BCUT2D eigenvalue weighted by atomic mass is 16.5. The largest absolute Gasteiger partial charge is 0.381 e. The van der Waals surface area contributed by atoms with E-state index < -0.39 is 0 Å². The van der Waals surface area contributed by atoms with Crippen LogP contribution in [0, 0.1) is 0 Å². The fourth-order valence-electron chi connectivity index (χ4n) is 3.78. The number of nitrogens with one attached hydrogen (secondary N) is 1. The molecule has 2 heterocycles. The second-order valence-corrected chi connectivity index (χ2v) is 6.42. The Morgan fingerprint density at radius 1 is 1.18 bits per heavy atom. The van der Waals surface area contributed by atoms with Gasteiger partial charge in [0.05, 0.1) is 5.41 Å². The number of nitrogens with zero attached hydrogens (tertiary/aromatic N) is 1. The second-order valence-electron chi connectivity index (χ2n) is 6.42. The van der Waals surface area contributed by atoms with E-state index in [-0.39, 0.29) is 5.41 Å². The number of benzene rings is 1. The zero-order valence-corrected chi connectivity index (χ0v) is 13.4. The van der Waals surface area contributed by atoms with Crippen molar-refractivity contribution in [1.29, 1.82) is 0 Å². The molecule has 0 aliphatic carbocycles. The molecule has 4 nitrogen and oxygen atoms in total. The van der Waals surface area contributed by atoms with Gasteiger partial charge in [-0.25, -0.2) is 0 Å². The maximum atomic E-state index is 13.3. The third-order valence-corrected chi connectivity index (χ3v) is 5.27. The summed E-state index contributed by atoms with van der Waals surface area (Å²) in [7, 11) is 2.01. The zero-order valence-electron chi connectivity index (χ0n) is 13.4. The van der Waals surface area contributed by atoms with Crippen LogP contribution in [0.5, 0.6) is 0 Å². The lowest BCUT2D eigenvalue weighted by Gasteiger charge is -2.42. The minimum absolute atomic E-state index is 0.302. The minimum Gasteiger partial charge on any atom is -0.381 e. The van der Waals surface area contributed by atoms with Crippen molar-refractivity contribution in [3.05, 3.63) is 35.9 Å². The van der Waals surface area contributed by atoms with E-state index >= 15 is 0 Å². The molecule has 1 amide bonds. The molecule has 0 aromatic heterocycles. The highest BCUT2D eigenvalue weighted by Gasteiger charge is 2.44. The first-order valence-electron chi connectivity index (χ1n) is 8.36. The topological polar surface area (TPSA) is 41.6 Å². The molecule has 2 aliphatic rings. The molecule has 0 spiro atoms. The Bertz CT molecular complexity index is 489. The van der Waals surface area contributed by atoms with E-state index in [9.17, 15) is 4.79 Å². The van der Waals surface area contributed by atoms with E-state index in [1.165, 1.54) is 0 Å². The van der Waals surface area contributed by atoms with Gasteiger partial charge in [0.15, 0.2) is 0 Å². The van der Waals surface area contributed by atoms with Crippen molar-refractivity contribution in [2.45, 2.75) is 37.1 Å². The Morgan fingerprint density at radius 3 is 2.41 bits per heavy atom. The molecule has 4 heteroatoms. The van der Waals surface area contributed by atoms with Gasteiger partial charge in [-0.05, 0) is 38.3 Å². The molecule has 0 saturated carbocycles. The Morgan fingerprint density at radius 2 is 1.82 bits per heavy atom. The first-order chi connectivity index (χ1) is 10.8. The second kappa shape index (κ2) is 6.80. The average Bonchev–Trinajstić information content (AvgIpc) is 2.62. The summed E-state index contributed by atoms with van der Waals surface area (Å²) in [6.07, 6.45) is 3.68. The van der Waals surface area contributed by atoms with Crippen molar-refractivity contribution >= 4 is 5.91 Å². The first kappa shape index (κ1) is 15.5. The van der Waals surface area contributed by atoms with Crippen molar-refractivity contribution in [2.75, 3.05) is 33.4 Å². The summed E-state index contributed by atoms with van der Waals surface area (Å²) >= 11 is 0. The van der Waals surface area contributed by atoms with Crippen LogP contribution in [-0.4, -0.2) is 50.2 Å². The first-order valence-corrected chi connectivity index (χ1v) is 8.36. The van der Waals surface area contributed by atoms with Crippen LogP contribution >= 0.6 is 0 Å². The third kappa shape index (κ3) is 2.90. The number of rotatable bonds is 3. The summed E-state index contributed by atoms with van der Waals surface area (Å²) in [4.78, 5) is 15.4. The molecule has 2 saturated heterocycles. The van der Waals surface area contributed by atoms with Crippen LogP contribution in [0.25, 0.3) is 0 Å². The lowest BCUT2D eigenvalue weighted by Crippen LogP contribution is -2.53. The van der Waals surface area contributed by atoms with Crippen LogP contribution in [0.2, 0.25) is 0 Å². The molecular weight excluding hydrogens is 276 g/mol. The minimum atomic E-state index is -0.383. The fraction of sp³-hybridized carbons (Fsp3) is 0.611. The zero-order chi connectivity index (χ0) is 15.4. The van der Waals surface area contributed by atoms with Gasteiger partial charge >= 0.3 is 0 Å². The number of hydrogen-bond acceptors (Lipinski definition) is 3. The summed E-state index contributed by atoms with van der Waals surface area (Å²) < 4.78 is 5.54. The molecule has 1 aromatic carbocycles. The Hall–Kier alpha value is -1.39. The molecule has 1 aromatic rings. The van der Waals surface area contributed by atoms with Crippen molar-refractivity contribution in [1.82, 2.24) is 10.2 Å². The van der Waals surface area contributed by atoms with Crippen LogP contribution in [0.3, 0.4) is 0 Å². The Labute approximate surface area is 132 Å². The average molecular weight is 302 g/mol. The number of piperidine rings is 1. The maximum Gasteiger partial charge on any atom is 0.233 e. The third-order valence-electron chi connectivity index (χ3n) is 5.27. The summed E-state index contributed by atoms with van der Waals surface area (Å²) in [5.41, 5.74) is 0.769. The van der Waals surface area contributed by atoms with Crippen molar-refractivity contribution in [2.24, 2.45) is 0 Å². The molecule has 2 fully saturated rings. The molecule has 3 rings (SSSR count). The number of carbonyl (C=O) groups is 1. The van der Waals surface area contributed by atoms with E-state index in [1.54, 1.807) is 0 Å². The Balaban J connectivity index is 1.82.